The van der Waals surface area contributed by atoms with Crippen LogP contribution in [0.5, 0.6) is 0 Å². The molecular formula is C32H41F3N4OS. The van der Waals surface area contributed by atoms with Gasteiger partial charge in [0, 0.05) is 23.6 Å². The highest BCUT2D eigenvalue weighted by molar-refractivity contribution is 7.99. The summed E-state index contributed by atoms with van der Waals surface area (Å²) in [6.07, 6.45) is 17.2. The molecule has 0 saturated heterocycles. The molecule has 1 aromatic heterocycles. The number of allylic oxidation sites excluding steroid dienone is 12. The van der Waals surface area contributed by atoms with Crippen LogP contribution >= 0.6 is 11.8 Å². The Hall–Kier alpha value is -3.14. The highest BCUT2D eigenvalue weighted by Crippen LogP contribution is 2.38. The monoisotopic (exact) mass is 586 g/mol. The van der Waals surface area contributed by atoms with Gasteiger partial charge in [-0.3, -0.25) is 14.3 Å². The van der Waals surface area contributed by atoms with Gasteiger partial charge < -0.3 is 5.11 Å². The number of nitrogens with one attached hydrogen (secondary N) is 1. The van der Waals surface area contributed by atoms with Crippen molar-refractivity contribution < 1.29 is 18.3 Å². The topological polar surface area (TPSA) is 63.0 Å². The van der Waals surface area contributed by atoms with Crippen molar-refractivity contribution in [3.05, 3.63) is 107 Å². The molecule has 2 bridgehead atoms. The van der Waals surface area contributed by atoms with Gasteiger partial charge >= 0.3 is 0 Å². The first-order chi connectivity index (χ1) is 19.9. The van der Waals surface area contributed by atoms with Crippen molar-refractivity contribution in [3.63, 3.8) is 0 Å². The highest BCUT2D eigenvalue weighted by atomic mass is 32.2. The maximum Gasteiger partial charge on any atom is 0.263 e. The molecule has 0 aromatic carbocycles. The van der Waals surface area contributed by atoms with Crippen LogP contribution in [-0.2, 0) is 0 Å². The van der Waals surface area contributed by atoms with Crippen LogP contribution in [0, 0.1) is 5.92 Å². The standard InChI is InChI=1S/C29H32F2N4OS.C2H6.CH3F/c1-5-10-23-20(6-2)15-19-11-8-12-21(24(23)16-19)17-37-29-34-33-27(35(29)7-3)28(36)32-25-14-9-13-22(18(25)4)26(30)31;2*1-2/h5-13,16,19,25-26,28,32,36H,2-3,14-15,17H2,1,4H3;1-2H3;1H3/b10-5-;;. The Balaban J connectivity index is 0.00000141. The first-order valence-electron chi connectivity index (χ1n) is 13.6. The van der Waals surface area contributed by atoms with Crippen molar-refractivity contribution in [1.82, 2.24) is 20.1 Å². The molecular weight excluding hydrogens is 545 g/mol. The average molecular weight is 587 g/mol. The predicted octanol–water partition coefficient (Wildman–Crippen LogP) is 8.07. The van der Waals surface area contributed by atoms with Crippen LogP contribution in [0.15, 0.2) is 106 Å². The molecule has 4 rings (SSSR count). The first kappa shape index (κ1) is 34.1. The number of rotatable bonds is 10. The summed E-state index contributed by atoms with van der Waals surface area (Å²) in [6.45, 7) is 15.6. The smallest absolute Gasteiger partial charge is 0.263 e. The van der Waals surface area contributed by atoms with Crippen LogP contribution in [0.25, 0.3) is 6.20 Å². The fraction of sp³-hybridized carbons (Fsp3) is 0.375. The Kier molecular flexibility index (Phi) is 14.1. The summed E-state index contributed by atoms with van der Waals surface area (Å²) in [5.74, 6) is 1.23. The third kappa shape index (κ3) is 8.21. The van der Waals surface area contributed by atoms with Crippen molar-refractivity contribution in [2.75, 3.05) is 12.9 Å². The van der Waals surface area contributed by atoms with Gasteiger partial charge in [0.2, 0.25) is 0 Å². The van der Waals surface area contributed by atoms with Crippen molar-refractivity contribution in [2.24, 2.45) is 5.92 Å². The Morgan fingerprint density at radius 1 is 1.24 bits per heavy atom. The number of alkyl halides is 3. The number of hydrogen-bond acceptors (Lipinski definition) is 5. The molecule has 222 valence electrons. The van der Waals surface area contributed by atoms with E-state index in [2.05, 4.69) is 59.1 Å². The predicted molar refractivity (Wildman–Crippen MR) is 165 cm³/mol. The molecule has 3 atom stereocenters. The maximum atomic E-state index is 13.3. The molecule has 0 aliphatic heterocycles. The lowest BCUT2D eigenvalue weighted by Gasteiger charge is -2.26. The zero-order valence-electron chi connectivity index (χ0n) is 24.4. The normalized spacial score (nSPS) is 20.5. The fourth-order valence-corrected chi connectivity index (χ4v) is 5.76. The minimum Gasteiger partial charge on any atom is -0.371 e. The van der Waals surface area contributed by atoms with E-state index in [9.17, 15) is 18.3 Å². The Bertz CT molecular complexity index is 1280. The average Bonchev–Trinajstić information content (AvgIpc) is 3.33. The summed E-state index contributed by atoms with van der Waals surface area (Å²) < 4.78 is 37.8. The van der Waals surface area contributed by atoms with Crippen molar-refractivity contribution in [3.8, 4) is 0 Å². The number of thioether (sulfide) groups is 1. The quantitative estimate of drug-likeness (QED) is 0.214. The molecule has 3 aliphatic rings. The van der Waals surface area contributed by atoms with Crippen molar-refractivity contribution in [2.45, 2.75) is 64.4 Å². The van der Waals surface area contributed by atoms with Crippen LogP contribution in [0.4, 0.5) is 13.2 Å². The number of nitrogens with zero attached hydrogens (tertiary/aromatic N) is 3. The number of aliphatic hydroxyl groups excluding tert-OH is 1. The summed E-state index contributed by atoms with van der Waals surface area (Å²) in [6, 6.07) is -0.430. The Morgan fingerprint density at radius 2 is 1.98 bits per heavy atom. The first-order valence-corrected chi connectivity index (χ1v) is 14.6. The molecule has 41 heavy (non-hydrogen) atoms. The van der Waals surface area contributed by atoms with Crippen molar-refractivity contribution >= 4 is 18.0 Å². The zero-order valence-corrected chi connectivity index (χ0v) is 25.3. The molecule has 0 saturated carbocycles. The van der Waals surface area contributed by atoms with Crippen LogP contribution in [-0.4, -0.2) is 45.3 Å². The molecule has 1 aromatic rings. The lowest BCUT2D eigenvalue weighted by Crippen LogP contribution is -2.36. The molecule has 2 N–H and O–H groups in total. The number of hydrogen-bond donors (Lipinski definition) is 2. The summed E-state index contributed by atoms with van der Waals surface area (Å²) >= 11 is 1.49. The molecule has 0 radical (unpaired) electrons. The minimum atomic E-state index is -2.56. The van der Waals surface area contributed by atoms with Gasteiger partial charge in [-0.1, -0.05) is 93.5 Å². The van der Waals surface area contributed by atoms with Crippen LogP contribution in [0.2, 0.25) is 0 Å². The Morgan fingerprint density at radius 3 is 2.61 bits per heavy atom. The van der Waals surface area contributed by atoms with Crippen molar-refractivity contribution in [1.29, 1.82) is 0 Å². The summed E-state index contributed by atoms with van der Waals surface area (Å²) in [4.78, 5) is 0. The number of fused-ring (bicyclic) bond motifs is 1. The van der Waals surface area contributed by atoms with Gasteiger partial charge in [-0.15, -0.1) is 10.2 Å². The van der Waals surface area contributed by atoms with Crippen LogP contribution < -0.4 is 5.32 Å². The zero-order chi connectivity index (χ0) is 30.5. The van der Waals surface area contributed by atoms with E-state index < -0.39 is 18.7 Å². The van der Waals surface area contributed by atoms with E-state index in [1.54, 1.807) is 23.8 Å². The van der Waals surface area contributed by atoms with Gasteiger partial charge in [-0.25, -0.2) is 8.78 Å². The lowest BCUT2D eigenvalue weighted by molar-refractivity contribution is 0.116. The van der Waals surface area contributed by atoms with E-state index in [-0.39, 0.29) is 11.4 Å². The van der Waals surface area contributed by atoms with Gasteiger partial charge in [0.15, 0.2) is 17.2 Å². The highest BCUT2D eigenvalue weighted by Gasteiger charge is 2.27. The second-order valence-corrected chi connectivity index (χ2v) is 9.99. The van der Waals surface area contributed by atoms with Gasteiger partial charge in [0.1, 0.15) is 0 Å². The fourth-order valence-electron chi connectivity index (χ4n) is 4.82. The van der Waals surface area contributed by atoms with Crippen LogP contribution in [0.3, 0.4) is 0 Å². The lowest BCUT2D eigenvalue weighted by atomic mass is 9.82. The van der Waals surface area contributed by atoms with E-state index in [0.29, 0.717) is 36.0 Å². The number of aliphatic hydroxyl groups is 1. The van der Waals surface area contributed by atoms with E-state index in [0.717, 1.165) is 12.0 Å². The third-order valence-corrected chi connectivity index (χ3v) is 7.76. The molecule has 3 unspecified atom stereocenters. The third-order valence-electron chi connectivity index (χ3n) is 6.77. The van der Waals surface area contributed by atoms with E-state index in [1.807, 2.05) is 32.9 Å². The molecule has 0 amide bonds. The number of aromatic nitrogens is 3. The van der Waals surface area contributed by atoms with E-state index >= 15 is 0 Å². The summed E-state index contributed by atoms with van der Waals surface area (Å²) in [5, 5.41) is 23.0. The minimum absolute atomic E-state index is 0.0201. The van der Waals surface area contributed by atoms with E-state index in [4.69, 9.17) is 0 Å². The largest absolute Gasteiger partial charge is 0.371 e. The van der Waals surface area contributed by atoms with Gasteiger partial charge in [-0.2, -0.15) is 0 Å². The Labute approximate surface area is 246 Å². The second kappa shape index (κ2) is 17.0. The SMILES string of the molecule is C=CC1=C(/C=C\C)C2=CC(C=CC=C2CSc2nnc(C(O)NC3CC=CC(C(F)F)=C3C)n2C=C)C1.CC.CF. The van der Waals surface area contributed by atoms with Gasteiger partial charge in [0.25, 0.3) is 6.43 Å². The molecule has 3 aliphatic carbocycles. The molecule has 0 spiro atoms. The molecule has 9 heteroatoms. The molecule has 5 nitrogen and oxygen atoms in total. The maximum absolute atomic E-state index is 13.3. The summed E-state index contributed by atoms with van der Waals surface area (Å²) in [7, 11) is 0.500. The van der Waals surface area contributed by atoms with Gasteiger partial charge in [-0.05, 0) is 60.5 Å². The summed E-state index contributed by atoms with van der Waals surface area (Å²) in [5.41, 5.74) is 5.24. The van der Waals surface area contributed by atoms with Crippen LogP contribution in [0.1, 0.15) is 52.6 Å². The van der Waals surface area contributed by atoms with Gasteiger partial charge in [0.05, 0.1) is 7.18 Å². The number of halogens is 3. The second-order valence-electron chi connectivity index (χ2n) is 9.05. The molecule has 0 fully saturated rings. The molecule has 1 heterocycles. The van der Waals surface area contributed by atoms with E-state index in [1.165, 1.54) is 34.6 Å².